The predicted octanol–water partition coefficient (Wildman–Crippen LogP) is -0.825. The fourth-order valence-corrected chi connectivity index (χ4v) is 5.20. The van der Waals surface area contributed by atoms with Gasteiger partial charge in [0.1, 0.15) is 0 Å². The molecule has 1 aromatic heterocycles. The first-order chi connectivity index (χ1) is 19.5. The van der Waals surface area contributed by atoms with Gasteiger partial charge in [0.05, 0.1) is 12.1 Å². The normalized spacial score (nSPS) is 18.4. The summed E-state index contributed by atoms with van der Waals surface area (Å²) in [6.07, 6.45) is -0.799. The van der Waals surface area contributed by atoms with Gasteiger partial charge in [-0.05, 0) is 31.2 Å². The zero-order chi connectivity index (χ0) is 29.6. The molecule has 0 radical (unpaired) electrons. The summed E-state index contributed by atoms with van der Waals surface area (Å²) >= 11 is 1.36. The second-order valence-corrected chi connectivity index (χ2v) is 10.6. The standard InChI is InChI=1S/C26H32N6O8S/c1-30-9-10-31(13-19(30)14-32(16-33)18-5-2-17(3-6-18)4-7-22(34)35)15-21-20(25(36)40-26(37,38)39)12-28-23(29-21)24-27-8-11-41-24/h2-3,5-6,8,11,16,19,37-39H,4,7,9-10,12-15H2,1H3,(H,28,29)(H,34,35). The summed E-state index contributed by atoms with van der Waals surface area (Å²) in [6, 6.07) is 7.16. The van der Waals surface area contributed by atoms with Crippen LogP contribution < -0.4 is 10.2 Å². The van der Waals surface area contributed by atoms with Crippen molar-refractivity contribution in [2.45, 2.75) is 25.0 Å². The number of aryl methyl sites for hydroxylation is 1. The number of carbonyl (C=O) groups excluding carboxylic acids is 2. The lowest BCUT2D eigenvalue weighted by Crippen LogP contribution is -2.56. The van der Waals surface area contributed by atoms with Crippen molar-refractivity contribution in [2.24, 2.45) is 4.99 Å². The third-order valence-electron chi connectivity index (χ3n) is 6.81. The van der Waals surface area contributed by atoms with Gasteiger partial charge in [-0.3, -0.25) is 24.4 Å². The highest BCUT2D eigenvalue weighted by Gasteiger charge is 2.33. The molecule has 0 saturated carbocycles. The van der Waals surface area contributed by atoms with Gasteiger partial charge in [0.25, 0.3) is 0 Å². The summed E-state index contributed by atoms with van der Waals surface area (Å²) in [5.41, 5.74) is 2.01. The van der Waals surface area contributed by atoms with Crippen molar-refractivity contribution < 1.29 is 39.5 Å². The van der Waals surface area contributed by atoms with Crippen molar-refractivity contribution in [2.75, 3.05) is 51.2 Å². The molecule has 2 aliphatic heterocycles. The Morgan fingerprint density at radius 1 is 1.24 bits per heavy atom. The van der Waals surface area contributed by atoms with Crippen molar-refractivity contribution in [1.82, 2.24) is 20.1 Å². The van der Waals surface area contributed by atoms with E-state index >= 15 is 0 Å². The Balaban J connectivity index is 1.46. The molecule has 1 fully saturated rings. The molecule has 14 nitrogen and oxygen atoms in total. The Morgan fingerprint density at radius 3 is 2.63 bits per heavy atom. The third kappa shape index (κ3) is 8.39. The lowest BCUT2D eigenvalue weighted by molar-refractivity contribution is -0.434. The predicted molar refractivity (Wildman–Crippen MR) is 148 cm³/mol. The average molecular weight is 589 g/mol. The number of amidine groups is 1. The zero-order valence-corrected chi connectivity index (χ0v) is 23.2. The molecule has 3 heterocycles. The number of esters is 1. The van der Waals surface area contributed by atoms with Crippen molar-refractivity contribution in [3.63, 3.8) is 0 Å². The number of carbonyl (C=O) groups is 3. The van der Waals surface area contributed by atoms with Gasteiger partial charge in [-0.15, -0.1) is 11.3 Å². The van der Waals surface area contributed by atoms with Crippen LogP contribution in [0.25, 0.3) is 0 Å². The fourth-order valence-electron chi connectivity index (χ4n) is 4.60. The molecular weight excluding hydrogens is 556 g/mol. The SMILES string of the molecule is CN1CCN(CC2=C(C(=O)OC(O)(O)O)CN=C(c3nccs3)N2)CC1CN(C=O)c1ccc(CCC(=O)O)cc1. The number of hydrogen-bond acceptors (Lipinski definition) is 13. The van der Waals surface area contributed by atoms with Crippen LogP contribution in [0.4, 0.5) is 5.69 Å². The highest BCUT2D eigenvalue weighted by Crippen LogP contribution is 2.21. The fraction of sp³-hybridized carbons (Fsp3) is 0.423. The number of ether oxygens (including phenoxy) is 1. The van der Waals surface area contributed by atoms with E-state index in [0.29, 0.717) is 54.8 Å². The number of likely N-dealkylation sites (N-methyl/N-ethyl adjacent to an activating group) is 1. The number of benzene rings is 1. The molecular formula is C26H32N6O8S. The number of hydrogen-bond donors (Lipinski definition) is 5. The Hall–Kier alpha value is -3.73. The van der Waals surface area contributed by atoms with E-state index in [1.54, 1.807) is 28.6 Å². The molecule has 0 spiro atoms. The quantitative estimate of drug-likeness (QED) is 0.118. The molecule has 220 valence electrons. The van der Waals surface area contributed by atoms with Gasteiger partial charge < -0.3 is 35.4 Å². The molecule has 1 aromatic carbocycles. The van der Waals surface area contributed by atoms with Gasteiger partial charge in [-0.2, -0.15) is 0 Å². The van der Waals surface area contributed by atoms with E-state index in [2.05, 4.69) is 29.8 Å². The van der Waals surface area contributed by atoms with Crippen LogP contribution in [0.2, 0.25) is 0 Å². The molecule has 15 heteroatoms. The van der Waals surface area contributed by atoms with Crippen molar-refractivity contribution in [3.05, 3.63) is 57.7 Å². The number of piperazine rings is 1. The van der Waals surface area contributed by atoms with E-state index in [4.69, 9.17) is 20.4 Å². The van der Waals surface area contributed by atoms with E-state index in [-0.39, 0.29) is 31.1 Å². The maximum Gasteiger partial charge on any atom is 0.455 e. The van der Waals surface area contributed by atoms with Crippen LogP contribution in [0.15, 0.2) is 52.1 Å². The minimum absolute atomic E-state index is 0.0276. The highest BCUT2D eigenvalue weighted by molar-refractivity contribution is 7.11. The van der Waals surface area contributed by atoms with Gasteiger partial charge in [0, 0.05) is 68.1 Å². The van der Waals surface area contributed by atoms with Crippen LogP contribution in [-0.2, 0) is 25.5 Å². The molecule has 2 aromatic rings. The van der Waals surface area contributed by atoms with Crippen LogP contribution in [0.5, 0.6) is 0 Å². The smallest absolute Gasteiger partial charge is 0.455 e. The summed E-state index contributed by atoms with van der Waals surface area (Å²) in [4.78, 5) is 49.9. The van der Waals surface area contributed by atoms with Crippen LogP contribution in [-0.4, -0.2) is 118 Å². The minimum Gasteiger partial charge on any atom is -0.481 e. The van der Waals surface area contributed by atoms with Gasteiger partial charge in [0.15, 0.2) is 10.8 Å². The maximum absolute atomic E-state index is 12.6. The number of carboxylic acid groups (broad SMARTS) is 1. The monoisotopic (exact) mass is 588 g/mol. The van der Waals surface area contributed by atoms with Crippen LogP contribution in [0.1, 0.15) is 17.0 Å². The van der Waals surface area contributed by atoms with Crippen LogP contribution in [0, 0.1) is 0 Å². The Bertz CT molecular complexity index is 1290. The van der Waals surface area contributed by atoms with Crippen molar-refractivity contribution in [1.29, 1.82) is 0 Å². The number of aliphatic carboxylic acids is 1. The molecule has 0 bridgehead atoms. The molecule has 5 N–H and O–H groups in total. The second-order valence-electron chi connectivity index (χ2n) is 9.74. The Kier molecular flexibility index (Phi) is 9.80. The number of anilines is 1. The van der Waals surface area contributed by atoms with Gasteiger partial charge in [0.2, 0.25) is 6.41 Å². The molecule has 2 aliphatic rings. The van der Waals surface area contributed by atoms with Gasteiger partial charge >= 0.3 is 18.1 Å². The van der Waals surface area contributed by atoms with Crippen LogP contribution in [0.3, 0.4) is 0 Å². The molecule has 1 saturated heterocycles. The molecule has 41 heavy (non-hydrogen) atoms. The van der Waals surface area contributed by atoms with Gasteiger partial charge in [-0.1, -0.05) is 12.1 Å². The molecule has 1 amide bonds. The number of aromatic nitrogens is 1. The molecule has 1 atom stereocenters. The van der Waals surface area contributed by atoms with Crippen molar-refractivity contribution >= 4 is 41.2 Å². The first kappa shape index (κ1) is 30.2. The first-order valence-electron chi connectivity index (χ1n) is 12.8. The molecule has 0 aliphatic carbocycles. The number of carboxylic acids is 1. The maximum atomic E-state index is 12.6. The summed E-state index contributed by atoms with van der Waals surface area (Å²) < 4.78 is 4.36. The number of aliphatic hydroxyl groups is 3. The largest absolute Gasteiger partial charge is 0.481 e. The lowest BCUT2D eigenvalue weighted by Gasteiger charge is -2.41. The molecule has 1 unspecified atom stereocenters. The average Bonchev–Trinajstić information content (AvgIpc) is 3.47. The number of thiazole rings is 1. The third-order valence-corrected chi connectivity index (χ3v) is 7.59. The van der Waals surface area contributed by atoms with Crippen molar-refractivity contribution in [3.8, 4) is 0 Å². The van der Waals surface area contributed by atoms with E-state index in [9.17, 15) is 14.4 Å². The summed E-state index contributed by atoms with van der Waals surface area (Å²) in [5, 5.41) is 41.9. The number of nitrogens with one attached hydrogen (secondary N) is 1. The van der Waals surface area contributed by atoms with E-state index in [1.807, 2.05) is 19.2 Å². The lowest BCUT2D eigenvalue weighted by atomic mass is 10.1. The topological polar surface area (TPSA) is 188 Å². The highest BCUT2D eigenvalue weighted by atomic mass is 32.1. The second kappa shape index (κ2) is 13.3. The summed E-state index contributed by atoms with van der Waals surface area (Å²) in [7, 11) is 1.97. The van der Waals surface area contributed by atoms with Crippen LogP contribution >= 0.6 is 11.3 Å². The number of aliphatic imine (C=N–C) groups is 1. The minimum atomic E-state index is -3.62. The molecule has 4 rings (SSSR count). The van der Waals surface area contributed by atoms with E-state index in [1.165, 1.54) is 11.3 Å². The summed E-state index contributed by atoms with van der Waals surface area (Å²) in [6.45, 7) is 2.39. The number of rotatable bonds is 12. The zero-order valence-electron chi connectivity index (χ0n) is 22.3. The Morgan fingerprint density at radius 2 is 2.00 bits per heavy atom. The van der Waals surface area contributed by atoms with Gasteiger partial charge in [-0.25, -0.2) is 9.78 Å². The van der Waals surface area contributed by atoms with E-state index < -0.39 is 18.1 Å². The number of nitrogens with zero attached hydrogens (tertiary/aromatic N) is 5. The summed E-state index contributed by atoms with van der Waals surface area (Å²) in [5.74, 6) is -1.54. The first-order valence-corrected chi connectivity index (χ1v) is 13.7. The Labute approximate surface area is 239 Å². The van der Waals surface area contributed by atoms with E-state index in [0.717, 1.165) is 12.0 Å². The number of amides is 1.